The van der Waals surface area contributed by atoms with E-state index in [0.717, 1.165) is 9.13 Å². The van der Waals surface area contributed by atoms with Crippen LogP contribution >= 0.6 is 45.8 Å². The summed E-state index contributed by atoms with van der Waals surface area (Å²) in [7, 11) is 0. The molecule has 7 heteroatoms. The van der Waals surface area contributed by atoms with Gasteiger partial charge in [0, 0.05) is 8.59 Å². The van der Waals surface area contributed by atoms with E-state index in [9.17, 15) is 9.90 Å². The van der Waals surface area contributed by atoms with Crippen molar-refractivity contribution in [1.29, 1.82) is 0 Å². The highest BCUT2D eigenvalue weighted by atomic mass is 127. The first-order chi connectivity index (χ1) is 9.97. The zero-order valence-corrected chi connectivity index (χ0v) is 14.1. The topological polar surface area (TPSA) is 61.7 Å². The second-order valence-corrected chi connectivity index (χ2v) is 6.13. The Balaban J connectivity index is 2.12. The van der Waals surface area contributed by atoms with Crippen molar-refractivity contribution >= 4 is 57.9 Å². The lowest BCUT2D eigenvalue weighted by molar-refractivity contribution is 0.0952. The highest BCUT2D eigenvalue weighted by Crippen LogP contribution is 2.30. The molecule has 1 amide bonds. The van der Waals surface area contributed by atoms with E-state index in [1.54, 1.807) is 0 Å². The number of aromatic hydroxyl groups is 1. The van der Waals surface area contributed by atoms with Crippen LogP contribution in [0.4, 0.5) is 0 Å². The molecule has 2 aromatic rings. The molecule has 0 aliphatic carbocycles. The number of rotatable bonds is 3. The van der Waals surface area contributed by atoms with E-state index in [1.807, 2.05) is 24.3 Å². The number of phenols is 1. The number of nitrogens with zero attached hydrogens (tertiary/aromatic N) is 1. The first kappa shape index (κ1) is 16.1. The van der Waals surface area contributed by atoms with Gasteiger partial charge in [-0.15, -0.1) is 0 Å². The summed E-state index contributed by atoms with van der Waals surface area (Å²) in [5, 5.41) is 13.8. The molecule has 0 heterocycles. The number of carbonyl (C=O) groups is 1. The first-order valence-corrected chi connectivity index (χ1v) is 7.58. The Labute approximate surface area is 144 Å². The quantitative estimate of drug-likeness (QED) is 0.434. The van der Waals surface area contributed by atoms with E-state index in [-0.39, 0.29) is 21.4 Å². The maximum absolute atomic E-state index is 11.9. The molecule has 0 saturated carbocycles. The van der Waals surface area contributed by atoms with Crippen molar-refractivity contribution in [3.8, 4) is 5.75 Å². The zero-order valence-electron chi connectivity index (χ0n) is 10.5. The minimum Gasteiger partial charge on any atom is -0.506 e. The summed E-state index contributed by atoms with van der Waals surface area (Å²) < 4.78 is 1.06. The van der Waals surface area contributed by atoms with Crippen molar-refractivity contribution in [2.24, 2.45) is 5.10 Å². The molecule has 0 unspecified atom stereocenters. The third-order valence-electron chi connectivity index (χ3n) is 2.50. The van der Waals surface area contributed by atoms with Crippen molar-refractivity contribution in [2.45, 2.75) is 0 Å². The Kier molecular flexibility index (Phi) is 5.44. The fourth-order valence-electron chi connectivity index (χ4n) is 1.55. The molecule has 0 bridgehead atoms. The van der Waals surface area contributed by atoms with Crippen LogP contribution < -0.4 is 5.43 Å². The highest BCUT2D eigenvalue weighted by molar-refractivity contribution is 14.1. The largest absolute Gasteiger partial charge is 0.506 e. The van der Waals surface area contributed by atoms with Crippen molar-refractivity contribution < 1.29 is 9.90 Å². The molecule has 0 aliphatic heterocycles. The van der Waals surface area contributed by atoms with Gasteiger partial charge in [0.1, 0.15) is 5.75 Å². The highest BCUT2D eigenvalue weighted by Gasteiger charge is 2.14. The molecule has 21 heavy (non-hydrogen) atoms. The SMILES string of the molecule is O=C(NN=Cc1cccc(I)c1)c1cc(Cl)cc(Cl)c1O. The van der Waals surface area contributed by atoms with Crippen LogP contribution in [0.5, 0.6) is 5.75 Å². The molecule has 0 fully saturated rings. The molecular formula is C14H9Cl2IN2O2. The summed E-state index contributed by atoms with van der Waals surface area (Å²) in [6.07, 6.45) is 1.50. The van der Waals surface area contributed by atoms with Crippen LogP contribution in [0.3, 0.4) is 0 Å². The van der Waals surface area contributed by atoms with Crippen molar-refractivity contribution in [1.82, 2.24) is 5.43 Å². The molecule has 2 rings (SSSR count). The number of halogens is 3. The van der Waals surface area contributed by atoms with Crippen LogP contribution in [0.25, 0.3) is 0 Å². The van der Waals surface area contributed by atoms with Gasteiger partial charge in [0.25, 0.3) is 5.91 Å². The Morgan fingerprint density at radius 1 is 1.29 bits per heavy atom. The van der Waals surface area contributed by atoms with Gasteiger partial charge in [-0.3, -0.25) is 4.79 Å². The lowest BCUT2D eigenvalue weighted by atomic mass is 10.2. The molecule has 0 atom stereocenters. The second-order valence-electron chi connectivity index (χ2n) is 4.04. The fourth-order valence-corrected chi connectivity index (χ4v) is 2.61. The number of carbonyl (C=O) groups excluding carboxylic acids is 1. The third kappa shape index (κ3) is 4.33. The van der Waals surface area contributed by atoms with E-state index in [2.05, 4.69) is 33.1 Å². The molecular weight excluding hydrogens is 426 g/mol. The van der Waals surface area contributed by atoms with Crippen LogP contribution in [-0.2, 0) is 0 Å². The number of phenolic OH excluding ortho intramolecular Hbond substituents is 1. The molecule has 0 aromatic heterocycles. The van der Waals surface area contributed by atoms with Crippen LogP contribution in [0.2, 0.25) is 10.0 Å². The second kappa shape index (κ2) is 7.11. The van der Waals surface area contributed by atoms with Gasteiger partial charge in [-0.25, -0.2) is 5.43 Å². The van der Waals surface area contributed by atoms with Crippen LogP contribution in [0, 0.1) is 3.57 Å². The molecule has 0 spiro atoms. The van der Waals surface area contributed by atoms with Gasteiger partial charge in [0.15, 0.2) is 0 Å². The minimum absolute atomic E-state index is 0.00856. The Morgan fingerprint density at radius 2 is 2.05 bits per heavy atom. The van der Waals surface area contributed by atoms with Crippen molar-refractivity contribution in [3.05, 3.63) is 61.1 Å². The normalized spacial score (nSPS) is 10.8. The Hall–Kier alpha value is -1.31. The maximum atomic E-state index is 11.9. The van der Waals surface area contributed by atoms with Crippen molar-refractivity contribution in [2.75, 3.05) is 0 Å². The number of hydrogen-bond acceptors (Lipinski definition) is 3. The van der Waals surface area contributed by atoms with E-state index in [1.165, 1.54) is 18.3 Å². The average molecular weight is 435 g/mol. The van der Waals surface area contributed by atoms with E-state index in [4.69, 9.17) is 23.2 Å². The Morgan fingerprint density at radius 3 is 2.76 bits per heavy atom. The summed E-state index contributed by atoms with van der Waals surface area (Å²) in [6.45, 7) is 0. The van der Waals surface area contributed by atoms with E-state index < -0.39 is 5.91 Å². The number of amides is 1. The third-order valence-corrected chi connectivity index (χ3v) is 3.68. The zero-order chi connectivity index (χ0) is 15.4. The molecule has 0 saturated heterocycles. The maximum Gasteiger partial charge on any atom is 0.275 e. The van der Waals surface area contributed by atoms with Crippen LogP contribution in [-0.4, -0.2) is 17.2 Å². The standard InChI is InChI=1S/C14H9Cl2IN2O2/c15-9-5-11(13(20)12(16)6-9)14(21)19-18-7-8-2-1-3-10(17)4-8/h1-7,20H,(H,19,21). The molecule has 4 nitrogen and oxygen atoms in total. The van der Waals surface area contributed by atoms with Gasteiger partial charge in [-0.05, 0) is 52.4 Å². The summed E-state index contributed by atoms with van der Waals surface area (Å²) in [5.74, 6) is -0.929. The molecule has 2 aromatic carbocycles. The van der Waals surface area contributed by atoms with Gasteiger partial charge in [0.2, 0.25) is 0 Å². The van der Waals surface area contributed by atoms with Gasteiger partial charge >= 0.3 is 0 Å². The predicted molar refractivity (Wildman–Crippen MR) is 92.3 cm³/mol. The van der Waals surface area contributed by atoms with Crippen molar-refractivity contribution in [3.63, 3.8) is 0 Å². The van der Waals surface area contributed by atoms with Gasteiger partial charge < -0.3 is 5.11 Å². The summed E-state index contributed by atoms with van der Waals surface area (Å²) in [6, 6.07) is 10.3. The van der Waals surface area contributed by atoms with Gasteiger partial charge in [-0.1, -0.05) is 35.3 Å². The fraction of sp³-hybridized carbons (Fsp3) is 0. The van der Waals surface area contributed by atoms with Gasteiger partial charge in [0.05, 0.1) is 16.8 Å². The lowest BCUT2D eigenvalue weighted by Crippen LogP contribution is -2.17. The molecule has 0 radical (unpaired) electrons. The van der Waals surface area contributed by atoms with Gasteiger partial charge in [-0.2, -0.15) is 5.10 Å². The first-order valence-electron chi connectivity index (χ1n) is 5.74. The number of benzene rings is 2. The summed E-state index contributed by atoms with van der Waals surface area (Å²) in [4.78, 5) is 11.9. The smallest absolute Gasteiger partial charge is 0.275 e. The summed E-state index contributed by atoms with van der Waals surface area (Å²) >= 11 is 13.7. The number of hydrazone groups is 1. The molecule has 0 aliphatic rings. The van der Waals surface area contributed by atoms with Crippen LogP contribution in [0.15, 0.2) is 41.5 Å². The van der Waals surface area contributed by atoms with E-state index >= 15 is 0 Å². The minimum atomic E-state index is -0.598. The number of nitrogens with one attached hydrogen (secondary N) is 1. The molecule has 108 valence electrons. The monoisotopic (exact) mass is 434 g/mol. The molecule has 2 N–H and O–H groups in total. The van der Waals surface area contributed by atoms with E-state index in [0.29, 0.717) is 0 Å². The average Bonchev–Trinajstić information content (AvgIpc) is 2.42. The van der Waals surface area contributed by atoms with Crippen LogP contribution in [0.1, 0.15) is 15.9 Å². The summed E-state index contributed by atoms with van der Waals surface area (Å²) in [5.41, 5.74) is 3.12. The Bertz CT molecular complexity index is 720. The predicted octanol–water partition coefficient (Wildman–Crippen LogP) is 4.07. The lowest BCUT2D eigenvalue weighted by Gasteiger charge is -2.05. The number of hydrogen-bond donors (Lipinski definition) is 2.